The van der Waals surface area contributed by atoms with Crippen LogP contribution in [-0.2, 0) is 31.2 Å². The van der Waals surface area contributed by atoms with Crippen LogP contribution in [0.15, 0.2) is 18.2 Å². The summed E-state index contributed by atoms with van der Waals surface area (Å²) >= 11 is 0. The standard InChI is InChI=1S/C14H18O6/c1-17-13(18-2)8-9-6-5-7-10(12(15)16)11(9)14(13,19-3)20-4/h5-7H,8H2,1-4H3,(H,15,16). The normalized spacial score (nSPS) is 18.8. The molecule has 0 fully saturated rings. The fourth-order valence-electron chi connectivity index (χ4n) is 2.97. The van der Waals surface area contributed by atoms with Crippen molar-refractivity contribution in [1.29, 1.82) is 0 Å². The number of rotatable bonds is 5. The van der Waals surface area contributed by atoms with E-state index in [2.05, 4.69) is 0 Å². The smallest absolute Gasteiger partial charge is 0.336 e. The number of benzene rings is 1. The summed E-state index contributed by atoms with van der Waals surface area (Å²) in [4.78, 5) is 11.5. The molecule has 2 rings (SSSR count). The quantitative estimate of drug-likeness (QED) is 0.822. The van der Waals surface area contributed by atoms with Gasteiger partial charge in [0.25, 0.3) is 5.79 Å². The Morgan fingerprint density at radius 1 is 1.10 bits per heavy atom. The number of hydrogen-bond donors (Lipinski definition) is 1. The second kappa shape index (κ2) is 5.14. The molecule has 110 valence electrons. The Bertz CT molecular complexity index is 516. The molecule has 1 N–H and O–H groups in total. The average molecular weight is 282 g/mol. The van der Waals surface area contributed by atoms with Crippen molar-refractivity contribution >= 4 is 5.97 Å². The molecule has 1 aromatic rings. The van der Waals surface area contributed by atoms with Gasteiger partial charge in [-0.1, -0.05) is 12.1 Å². The first-order valence-corrected chi connectivity index (χ1v) is 6.08. The summed E-state index contributed by atoms with van der Waals surface area (Å²) in [6.07, 6.45) is 0.331. The van der Waals surface area contributed by atoms with Crippen LogP contribution < -0.4 is 0 Å². The van der Waals surface area contributed by atoms with E-state index in [4.69, 9.17) is 18.9 Å². The number of fused-ring (bicyclic) bond motifs is 1. The van der Waals surface area contributed by atoms with Gasteiger partial charge in [-0.3, -0.25) is 0 Å². The lowest BCUT2D eigenvalue weighted by Crippen LogP contribution is -2.54. The highest BCUT2D eigenvalue weighted by Gasteiger charge is 2.63. The zero-order chi connectivity index (χ0) is 15.0. The summed E-state index contributed by atoms with van der Waals surface area (Å²) < 4.78 is 22.1. The van der Waals surface area contributed by atoms with E-state index in [0.717, 1.165) is 5.56 Å². The van der Waals surface area contributed by atoms with Crippen molar-refractivity contribution in [1.82, 2.24) is 0 Å². The van der Waals surface area contributed by atoms with E-state index < -0.39 is 17.5 Å². The summed E-state index contributed by atoms with van der Waals surface area (Å²) in [5.41, 5.74) is 1.31. The topological polar surface area (TPSA) is 74.2 Å². The van der Waals surface area contributed by atoms with E-state index in [9.17, 15) is 9.90 Å². The predicted molar refractivity (Wildman–Crippen MR) is 69.6 cm³/mol. The van der Waals surface area contributed by atoms with Crippen LogP contribution in [0.2, 0.25) is 0 Å². The first-order valence-electron chi connectivity index (χ1n) is 6.08. The third kappa shape index (κ3) is 1.69. The minimum absolute atomic E-state index is 0.113. The molecule has 0 amide bonds. The van der Waals surface area contributed by atoms with E-state index in [1.807, 2.05) is 6.07 Å². The lowest BCUT2D eigenvalue weighted by Gasteiger charge is -2.41. The third-order valence-corrected chi connectivity index (χ3v) is 3.87. The van der Waals surface area contributed by atoms with E-state index >= 15 is 0 Å². The Hall–Kier alpha value is -1.47. The number of aromatic carboxylic acids is 1. The van der Waals surface area contributed by atoms with Crippen molar-refractivity contribution in [3.8, 4) is 0 Å². The van der Waals surface area contributed by atoms with Crippen molar-refractivity contribution in [2.24, 2.45) is 0 Å². The highest BCUT2D eigenvalue weighted by Crippen LogP contribution is 2.50. The van der Waals surface area contributed by atoms with Crippen molar-refractivity contribution in [3.05, 3.63) is 34.9 Å². The second-order valence-electron chi connectivity index (χ2n) is 4.51. The van der Waals surface area contributed by atoms with Crippen LogP contribution >= 0.6 is 0 Å². The molecule has 0 aliphatic heterocycles. The zero-order valence-electron chi connectivity index (χ0n) is 11.9. The maximum Gasteiger partial charge on any atom is 0.336 e. The van der Waals surface area contributed by atoms with Crippen LogP contribution in [0.5, 0.6) is 0 Å². The van der Waals surface area contributed by atoms with Gasteiger partial charge < -0.3 is 24.1 Å². The summed E-state index contributed by atoms with van der Waals surface area (Å²) in [7, 11) is 5.82. The Labute approximate surface area is 117 Å². The largest absolute Gasteiger partial charge is 0.478 e. The summed E-state index contributed by atoms with van der Waals surface area (Å²) in [5, 5.41) is 9.40. The maximum absolute atomic E-state index is 11.5. The van der Waals surface area contributed by atoms with Gasteiger partial charge in [0.15, 0.2) is 0 Å². The lowest BCUT2D eigenvalue weighted by molar-refractivity contribution is -0.388. The van der Waals surface area contributed by atoms with Crippen LogP contribution in [0.4, 0.5) is 0 Å². The molecule has 1 aromatic carbocycles. The summed E-state index contributed by atoms with van der Waals surface area (Å²) in [6.45, 7) is 0. The molecule has 6 heteroatoms. The van der Waals surface area contributed by atoms with Gasteiger partial charge in [-0.15, -0.1) is 0 Å². The van der Waals surface area contributed by atoms with Crippen LogP contribution in [-0.4, -0.2) is 45.3 Å². The van der Waals surface area contributed by atoms with Crippen molar-refractivity contribution in [2.75, 3.05) is 28.4 Å². The van der Waals surface area contributed by atoms with Crippen molar-refractivity contribution < 1.29 is 28.8 Å². The molecule has 1 aliphatic carbocycles. The molecule has 0 heterocycles. The van der Waals surface area contributed by atoms with Crippen LogP contribution in [0.25, 0.3) is 0 Å². The van der Waals surface area contributed by atoms with Gasteiger partial charge in [0.2, 0.25) is 5.79 Å². The molecule has 0 atom stereocenters. The zero-order valence-corrected chi connectivity index (χ0v) is 11.9. The number of carbonyl (C=O) groups is 1. The van der Waals surface area contributed by atoms with E-state index in [0.29, 0.717) is 12.0 Å². The van der Waals surface area contributed by atoms with Crippen LogP contribution in [0.1, 0.15) is 21.5 Å². The molecule has 0 saturated heterocycles. The maximum atomic E-state index is 11.5. The van der Waals surface area contributed by atoms with Gasteiger partial charge >= 0.3 is 5.97 Å². The van der Waals surface area contributed by atoms with Crippen molar-refractivity contribution in [3.63, 3.8) is 0 Å². The molecule has 0 unspecified atom stereocenters. The number of hydrogen-bond acceptors (Lipinski definition) is 5. The van der Waals surface area contributed by atoms with Gasteiger partial charge in [-0.05, 0) is 11.6 Å². The summed E-state index contributed by atoms with van der Waals surface area (Å²) in [6, 6.07) is 5.00. The molecule has 0 bridgehead atoms. The first-order chi connectivity index (χ1) is 9.51. The molecule has 0 aromatic heterocycles. The number of carboxylic acids is 1. The summed E-state index contributed by atoms with van der Waals surface area (Å²) in [5.74, 6) is -3.71. The van der Waals surface area contributed by atoms with Crippen LogP contribution in [0, 0.1) is 0 Å². The van der Waals surface area contributed by atoms with Gasteiger partial charge in [-0.25, -0.2) is 4.79 Å². The van der Waals surface area contributed by atoms with Gasteiger partial charge in [-0.2, -0.15) is 0 Å². The highest BCUT2D eigenvalue weighted by atomic mass is 16.8. The van der Waals surface area contributed by atoms with Crippen molar-refractivity contribution in [2.45, 2.75) is 18.0 Å². The highest BCUT2D eigenvalue weighted by molar-refractivity contribution is 5.90. The minimum Gasteiger partial charge on any atom is -0.478 e. The molecular formula is C14H18O6. The third-order valence-electron chi connectivity index (χ3n) is 3.87. The average Bonchev–Trinajstić information content (AvgIpc) is 2.77. The number of carboxylic acid groups (broad SMARTS) is 1. The molecular weight excluding hydrogens is 264 g/mol. The van der Waals surface area contributed by atoms with Gasteiger partial charge in [0.05, 0.1) is 5.56 Å². The Balaban J connectivity index is 2.77. The number of methoxy groups -OCH3 is 4. The molecule has 20 heavy (non-hydrogen) atoms. The SMILES string of the molecule is COC1(OC)Cc2cccc(C(=O)O)c2C1(OC)OC. The second-order valence-corrected chi connectivity index (χ2v) is 4.51. The predicted octanol–water partition coefficient (Wildman–Crippen LogP) is 1.38. The lowest BCUT2D eigenvalue weighted by atomic mass is 9.98. The minimum atomic E-state index is -1.43. The van der Waals surface area contributed by atoms with E-state index in [-0.39, 0.29) is 5.56 Å². The fourth-order valence-corrected chi connectivity index (χ4v) is 2.97. The molecule has 1 aliphatic rings. The number of ether oxygens (including phenoxy) is 4. The van der Waals surface area contributed by atoms with E-state index in [1.165, 1.54) is 34.5 Å². The monoisotopic (exact) mass is 282 g/mol. The Morgan fingerprint density at radius 2 is 1.70 bits per heavy atom. The molecule has 0 saturated carbocycles. The van der Waals surface area contributed by atoms with E-state index in [1.54, 1.807) is 6.07 Å². The first kappa shape index (κ1) is 14.9. The van der Waals surface area contributed by atoms with Gasteiger partial charge in [0, 0.05) is 40.4 Å². The molecule has 0 radical (unpaired) electrons. The molecule has 6 nitrogen and oxygen atoms in total. The molecule has 0 spiro atoms. The Morgan fingerprint density at radius 3 is 2.15 bits per heavy atom. The van der Waals surface area contributed by atoms with Gasteiger partial charge in [0.1, 0.15) is 0 Å². The Kier molecular flexibility index (Phi) is 3.84. The fraction of sp³-hybridized carbons (Fsp3) is 0.500. The van der Waals surface area contributed by atoms with Crippen LogP contribution in [0.3, 0.4) is 0 Å².